The molecule has 0 aromatic rings. The summed E-state index contributed by atoms with van der Waals surface area (Å²) < 4.78 is 0. The van der Waals surface area contributed by atoms with Gasteiger partial charge in [-0.25, -0.2) is 0 Å². The Morgan fingerprint density at radius 1 is 1.17 bits per heavy atom. The van der Waals surface area contributed by atoms with E-state index in [0.717, 1.165) is 25.0 Å². The van der Waals surface area contributed by atoms with Crippen molar-refractivity contribution in [2.75, 3.05) is 59.9 Å². The van der Waals surface area contributed by atoms with Crippen molar-refractivity contribution in [2.45, 2.75) is 25.3 Å². The first-order valence-corrected chi connectivity index (χ1v) is 7.56. The number of rotatable bonds is 5. The Labute approximate surface area is 112 Å². The average Bonchev–Trinajstić information content (AvgIpc) is 2.39. The summed E-state index contributed by atoms with van der Waals surface area (Å²) in [5.41, 5.74) is 0. The van der Waals surface area contributed by atoms with Crippen molar-refractivity contribution in [3.8, 4) is 0 Å². The highest BCUT2D eigenvalue weighted by Gasteiger charge is 2.19. The van der Waals surface area contributed by atoms with E-state index in [1.54, 1.807) is 0 Å². The lowest BCUT2D eigenvalue weighted by Crippen LogP contribution is -2.50. The molecular formula is C14H30N4. The van der Waals surface area contributed by atoms with Gasteiger partial charge in [0.1, 0.15) is 0 Å². The smallest absolute Gasteiger partial charge is 0.0230 e. The molecule has 106 valence electrons. The fourth-order valence-corrected chi connectivity index (χ4v) is 3.03. The second kappa shape index (κ2) is 7.43. The maximum absolute atomic E-state index is 3.66. The molecule has 2 heterocycles. The zero-order chi connectivity index (χ0) is 12.8. The summed E-state index contributed by atoms with van der Waals surface area (Å²) in [4.78, 5) is 4.94. The molecule has 0 spiro atoms. The molecule has 2 saturated heterocycles. The molecular weight excluding hydrogens is 224 g/mol. The number of nitrogens with zero attached hydrogens (tertiary/aromatic N) is 2. The molecule has 1 unspecified atom stereocenters. The van der Waals surface area contributed by atoms with E-state index in [1.165, 1.54) is 52.0 Å². The molecule has 0 aliphatic carbocycles. The second-order valence-corrected chi connectivity index (χ2v) is 6.08. The van der Waals surface area contributed by atoms with Gasteiger partial charge in [-0.05, 0) is 65.5 Å². The Bertz CT molecular complexity index is 226. The molecule has 1 atom stereocenters. The molecule has 0 aromatic carbocycles. The monoisotopic (exact) mass is 254 g/mol. The van der Waals surface area contributed by atoms with Gasteiger partial charge in [-0.2, -0.15) is 0 Å². The molecule has 0 saturated carbocycles. The summed E-state index contributed by atoms with van der Waals surface area (Å²) in [6.07, 6.45) is 4.01. The third-order valence-electron chi connectivity index (χ3n) is 4.57. The Balaban J connectivity index is 1.53. The quantitative estimate of drug-likeness (QED) is 0.687. The Kier molecular flexibility index (Phi) is 5.89. The number of hydrogen-bond acceptors (Lipinski definition) is 4. The number of likely N-dealkylation sites (N-methyl/N-ethyl adjacent to an activating group) is 1. The van der Waals surface area contributed by atoms with E-state index in [0.29, 0.717) is 0 Å². The van der Waals surface area contributed by atoms with Crippen LogP contribution in [0.5, 0.6) is 0 Å². The van der Waals surface area contributed by atoms with Crippen LogP contribution in [-0.4, -0.2) is 75.8 Å². The first-order chi connectivity index (χ1) is 8.75. The Hall–Kier alpha value is -0.160. The van der Waals surface area contributed by atoms with Gasteiger partial charge in [0.15, 0.2) is 0 Å². The molecule has 18 heavy (non-hydrogen) atoms. The maximum Gasteiger partial charge on any atom is 0.0230 e. The van der Waals surface area contributed by atoms with E-state index in [-0.39, 0.29) is 0 Å². The summed E-state index contributed by atoms with van der Waals surface area (Å²) in [7, 11) is 4.48. The van der Waals surface area contributed by atoms with E-state index in [4.69, 9.17) is 0 Å². The molecule has 4 nitrogen and oxygen atoms in total. The Morgan fingerprint density at radius 3 is 2.67 bits per heavy atom. The average molecular weight is 254 g/mol. The van der Waals surface area contributed by atoms with Gasteiger partial charge in [-0.15, -0.1) is 0 Å². The lowest BCUT2D eigenvalue weighted by atomic mass is 9.97. The van der Waals surface area contributed by atoms with Gasteiger partial charge in [-0.3, -0.25) is 0 Å². The molecule has 4 heteroatoms. The zero-order valence-electron chi connectivity index (χ0n) is 12.1. The van der Waals surface area contributed by atoms with Crippen LogP contribution in [0.15, 0.2) is 0 Å². The molecule has 2 N–H and O–H groups in total. The fourth-order valence-electron chi connectivity index (χ4n) is 3.03. The van der Waals surface area contributed by atoms with Crippen molar-refractivity contribution in [1.29, 1.82) is 0 Å². The molecule has 2 aliphatic rings. The molecule has 2 fully saturated rings. The van der Waals surface area contributed by atoms with Crippen LogP contribution in [0.1, 0.15) is 19.3 Å². The predicted molar refractivity (Wildman–Crippen MR) is 77.0 cm³/mol. The normalized spacial score (nSPS) is 28.7. The number of nitrogens with one attached hydrogen (secondary N) is 2. The van der Waals surface area contributed by atoms with E-state index in [1.807, 2.05) is 0 Å². The van der Waals surface area contributed by atoms with Gasteiger partial charge in [0.2, 0.25) is 0 Å². The van der Waals surface area contributed by atoms with E-state index < -0.39 is 0 Å². The second-order valence-electron chi connectivity index (χ2n) is 6.08. The summed E-state index contributed by atoms with van der Waals surface area (Å²) in [5.74, 6) is 0.906. The standard InChI is InChI=1S/C14H30N4/c1-17-8-4-13(5-9-17)11-15-6-3-14-12-16-7-10-18(14)2/h13-16H,3-12H2,1-2H3. The molecule has 0 amide bonds. The van der Waals surface area contributed by atoms with Crippen LogP contribution in [-0.2, 0) is 0 Å². The van der Waals surface area contributed by atoms with E-state index in [2.05, 4.69) is 34.5 Å². The van der Waals surface area contributed by atoms with Gasteiger partial charge in [0, 0.05) is 25.7 Å². The highest BCUT2D eigenvalue weighted by atomic mass is 15.2. The van der Waals surface area contributed by atoms with Crippen LogP contribution in [0.25, 0.3) is 0 Å². The van der Waals surface area contributed by atoms with Crippen molar-refractivity contribution in [3.05, 3.63) is 0 Å². The van der Waals surface area contributed by atoms with Crippen molar-refractivity contribution in [3.63, 3.8) is 0 Å². The van der Waals surface area contributed by atoms with Crippen LogP contribution in [0.3, 0.4) is 0 Å². The van der Waals surface area contributed by atoms with Gasteiger partial charge >= 0.3 is 0 Å². The van der Waals surface area contributed by atoms with Crippen LogP contribution >= 0.6 is 0 Å². The molecule has 2 aliphatic heterocycles. The van der Waals surface area contributed by atoms with Crippen LogP contribution < -0.4 is 10.6 Å². The Morgan fingerprint density at radius 2 is 1.94 bits per heavy atom. The molecule has 0 radical (unpaired) electrons. The topological polar surface area (TPSA) is 30.5 Å². The molecule has 2 rings (SSSR count). The van der Waals surface area contributed by atoms with Crippen LogP contribution in [0, 0.1) is 5.92 Å². The number of piperazine rings is 1. The first kappa shape index (κ1) is 14.3. The highest BCUT2D eigenvalue weighted by Crippen LogP contribution is 2.14. The SMILES string of the molecule is CN1CCC(CNCCC2CNCCN2C)CC1. The van der Waals surface area contributed by atoms with Crippen molar-refractivity contribution >= 4 is 0 Å². The van der Waals surface area contributed by atoms with E-state index >= 15 is 0 Å². The molecule has 0 aromatic heterocycles. The molecule has 0 bridgehead atoms. The van der Waals surface area contributed by atoms with Gasteiger partial charge in [0.05, 0.1) is 0 Å². The predicted octanol–water partition coefficient (Wildman–Crippen LogP) is 0.212. The third-order valence-corrected chi connectivity index (χ3v) is 4.57. The minimum atomic E-state index is 0.726. The van der Waals surface area contributed by atoms with Gasteiger partial charge < -0.3 is 20.4 Å². The first-order valence-electron chi connectivity index (χ1n) is 7.56. The number of likely N-dealkylation sites (tertiary alicyclic amines) is 1. The van der Waals surface area contributed by atoms with Crippen LogP contribution in [0.2, 0.25) is 0 Å². The third kappa shape index (κ3) is 4.50. The van der Waals surface area contributed by atoms with Gasteiger partial charge in [0.25, 0.3) is 0 Å². The lowest BCUT2D eigenvalue weighted by molar-refractivity contribution is 0.185. The summed E-state index contributed by atoms with van der Waals surface area (Å²) in [6, 6.07) is 0.726. The summed E-state index contributed by atoms with van der Waals surface area (Å²) in [6.45, 7) is 8.45. The van der Waals surface area contributed by atoms with Crippen molar-refractivity contribution < 1.29 is 0 Å². The number of hydrogen-bond donors (Lipinski definition) is 2. The zero-order valence-corrected chi connectivity index (χ0v) is 12.1. The summed E-state index contributed by atoms with van der Waals surface area (Å²) in [5, 5.41) is 7.15. The van der Waals surface area contributed by atoms with Gasteiger partial charge in [-0.1, -0.05) is 0 Å². The summed E-state index contributed by atoms with van der Waals surface area (Å²) >= 11 is 0. The van der Waals surface area contributed by atoms with Crippen molar-refractivity contribution in [2.24, 2.45) is 5.92 Å². The highest BCUT2D eigenvalue weighted by molar-refractivity contribution is 4.78. The minimum Gasteiger partial charge on any atom is -0.316 e. The largest absolute Gasteiger partial charge is 0.316 e. The lowest BCUT2D eigenvalue weighted by Gasteiger charge is -2.33. The fraction of sp³-hybridized carbons (Fsp3) is 1.00. The minimum absolute atomic E-state index is 0.726. The van der Waals surface area contributed by atoms with Crippen LogP contribution in [0.4, 0.5) is 0 Å². The van der Waals surface area contributed by atoms with E-state index in [9.17, 15) is 0 Å². The number of piperidine rings is 1. The maximum atomic E-state index is 3.66. The van der Waals surface area contributed by atoms with Crippen molar-refractivity contribution in [1.82, 2.24) is 20.4 Å².